The minimum absolute atomic E-state index is 0.176. The molecule has 0 aliphatic carbocycles. The van der Waals surface area contributed by atoms with Crippen LogP contribution in [0.3, 0.4) is 0 Å². The van der Waals surface area contributed by atoms with Gasteiger partial charge in [0, 0.05) is 12.1 Å². The van der Waals surface area contributed by atoms with Crippen molar-refractivity contribution in [2.24, 2.45) is 0 Å². The lowest BCUT2D eigenvalue weighted by Crippen LogP contribution is -2.52. The first-order chi connectivity index (χ1) is 9.01. The average molecular weight is 261 g/mol. The molecular formula is C15H19NO3. The molecule has 1 N–H and O–H groups in total. The van der Waals surface area contributed by atoms with Crippen LogP contribution in [0.1, 0.15) is 42.1 Å². The standard InChI is InChI=1S/C15H19NO3/c1-3-15(14(18)19)8-5-9-16(15)13(17)12-7-4-6-11(2)10-12/h4,6-7,10H,3,5,8-9H2,1-2H3,(H,18,19). The Morgan fingerprint density at radius 1 is 1.42 bits per heavy atom. The van der Waals surface area contributed by atoms with Gasteiger partial charge in [-0.3, -0.25) is 4.79 Å². The van der Waals surface area contributed by atoms with Gasteiger partial charge in [-0.05, 0) is 38.3 Å². The molecular weight excluding hydrogens is 242 g/mol. The molecule has 0 saturated carbocycles. The molecule has 102 valence electrons. The maximum atomic E-state index is 12.5. The quantitative estimate of drug-likeness (QED) is 0.909. The van der Waals surface area contributed by atoms with E-state index in [1.165, 1.54) is 4.90 Å². The predicted octanol–water partition coefficient (Wildman–Crippen LogP) is 2.46. The SMILES string of the molecule is CCC1(C(=O)O)CCCN1C(=O)c1cccc(C)c1. The monoisotopic (exact) mass is 261 g/mol. The molecule has 4 nitrogen and oxygen atoms in total. The van der Waals surface area contributed by atoms with Crippen molar-refractivity contribution in [3.63, 3.8) is 0 Å². The van der Waals surface area contributed by atoms with Gasteiger partial charge in [0.2, 0.25) is 0 Å². The van der Waals surface area contributed by atoms with Crippen LogP contribution in [-0.4, -0.2) is 34.0 Å². The molecule has 0 radical (unpaired) electrons. The van der Waals surface area contributed by atoms with Crippen LogP contribution in [0.15, 0.2) is 24.3 Å². The van der Waals surface area contributed by atoms with Crippen molar-refractivity contribution in [1.29, 1.82) is 0 Å². The van der Waals surface area contributed by atoms with Crippen molar-refractivity contribution in [3.05, 3.63) is 35.4 Å². The number of rotatable bonds is 3. The number of carbonyl (C=O) groups excluding carboxylic acids is 1. The zero-order valence-corrected chi connectivity index (χ0v) is 11.3. The van der Waals surface area contributed by atoms with Crippen molar-refractivity contribution >= 4 is 11.9 Å². The number of carboxylic acid groups (broad SMARTS) is 1. The Hall–Kier alpha value is -1.84. The molecule has 1 heterocycles. The molecule has 0 aromatic heterocycles. The summed E-state index contributed by atoms with van der Waals surface area (Å²) in [5.74, 6) is -1.07. The first-order valence-electron chi connectivity index (χ1n) is 6.63. The van der Waals surface area contributed by atoms with Crippen LogP contribution in [0.5, 0.6) is 0 Å². The highest BCUT2D eigenvalue weighted by Gasteiger charge is 2.48. The highest BCUT2D eigenvalue weighted by Crippen LogP contribution is 2.34. The third kappa shape index (κ3) is 2.23. The number of aryl methyl sites for hydroxylation is 1. The molecule has 1 aliphatic heterocycles. The van der Waals surface area contributed by atoms with E-state index in [1.54, 1.807) is 6.07 Å². The van der Waals surface area contributed by atoms with Crippen LogP contribution in [0.2, 0.25) is 0 Å². The molecule has 1 aliphatic rings. The van der Waals surface area contributed by atoms with Gasteiger partial charge in [0.05, 0.1) is 0 Å². The summed E-state index contributed by atoms with van der Waals surface area (Å²) in [7, 11) is 0. The number of nitrogens with zero attached hydrogens (tertiary/aromatic N) is 1. The lowest BCUT2D eigenvalue weighted by molar-refractivity contribution is -0.148. The maximum absolute atomic E-state index is 12.5. The zero-order chi connectivity index (χ0) is 14.0. The van der Waals surface area contributed by atoms with Gasteiger partial charge in [0.1, 0.15) is 5.54 Å². The third-order valence-corrected chi connectivity index (χ3v) is 3.98. The fraction of sp³-hybridized carbons (Fsp3) is 0.467. The largest absolute Gasteiger partial charge is 0.479 e. The number of likely N-dealkylation sites (tertiary alicyclic amines) is 1. The molecule has 0 bridgehead atoms. The van der Waals surface area contributed by atoms with Crippen molar-refractivity contribution in [3.8, 4) is 0 Å². The van der Waals surface area contributed by atoms with Gasteiger partial charge < -0.3 is 10.0 Å². The van der Waals surface area contributed by atoms with E-state index in [0.29, 0.717) is 24.9 Å². The van der Waals surface area contributed by atoms with Crippen LogP contribution < -0.4 is 0 Å². The molecule has 0 spiro atoms. The van der Waals surface area contributed by atoms with Crippen molar-refractivity contribution in [1.82, 2.24) is 4.90 Å². The molecule has 2 rings (SSSR count). The first kappa shape index (κ1) is 13.6. The Labute approximate surface area is 113 Å². The summed E-state index contributed by atoms with van der Waals surface area (Å²) in [6.07, 6.45) is 1.73. The summed E-state index contributed by atoms with van der Waals surface area (Å²) in [4.78, 5) is 25.6. The summed E-state index contributed by atoms with van der Waals surface area (Å²) in [6, 6.07) is 7.30. The molecule has 1 saturated heterocycles. The van der Waals surface area contributed by atoms with Crippen LogP contribution in [0, 0.1) is 6.92 Å². The fourth-order valence-electron chi connectivity index (χ4n) is 2.85. The number of amides is 1. The second-order valence-corrected chi connectivity index (χ2v) is 5.12. The van der Waals surface area contributed by atoms with Crippen LogP contribution >= 0.6 is 0 Å². The average Bonchev–Trinajstić information content (AvgIpc) is 2.82. The van der Waals surface area contributed by atoms with Gasteiger partial charge in [-0.15, -0.1) is 0 Å². The number of hydrogen-bond donors (Lipinski definition) is 1. The Bertz CT molecular complexity index is 512. The minimum Gasteiger partial charge on any atom is -0.479 e. The lowest BCUT2D eigenvalue weighted by atomic mass is 9.92. The van der Waals surface area contributed by atoms with Crippen LogP contribution in [0.4, 0.5) is 0 Å². The van der Waals surface area contributed by atoms with Crippen molar-refractivity contribution in [2.75, 3.05) is 6.54 Å². The predicted molar refractivity (Wildman–Crippen MR) is 72.1 cm³/mol. The second kappa shape index (κ2) is 5.03. The van der Waals surface area contributed by atoms with Gasteiger partial charge in [-0.2, -0.15) is 0 Å². The first-order valence-corrected chi connectivity index (χ1v) is 6.63. The summed E-state index contributed by atoms with van der Waals surface area (Å²) in [6.45, 7) is 4.27. The van der Waals surface area contributed by atoms with E-state index >= 15 is 0 Å². The Morgan fingerprint density at radius 2 is 2.16 bits per heavy atom. The van der Waals surface area contributed by atoms with E-state index < -0.39 is 11.5 Å². The Kier molecular flexibility index (Phi) is 3.60. The summed E-state index contributed by atoms with van der Waals surface area (Å²) in [5, 5.41) is 9.49. The molecule has 1 amide bonds. The third-order valence-electron chi connectivity index (χ3n) is 3.98. The van der Waals surface area contributed by atoms with E-state index in [9.17, 15) is 14.7 Å². The normalized spacial score (nSPS) is 22.5. The van der Waals surface area contributed by atoms with Crippen molar-refractivity contribution < 1.29 is 14.7 Å². The van der Waals surface area contributed by atoms with Gasteiger partial charge in [-0.1, -0.05) is 24.6 Å². The molecule has 1 unspecified atom stereocenters. The molecule has 1 aromatic carbocycles. The number of hydrogen-bond acceptors (Lipinski definition) is 2. The number of carboxylic acids is 1. The van der Waals surface area contributed by atoms with E-state index in [2.05, 4.69) is 0 Å². The highest BCUT2D eigenvalue weighted by atomic mass is 16.4. The maximum Gasteiger partial charge on any atom is 0.329 e. The summed E-state index contributed by atoms with van der Waals surface area (Å²) < 4.78 is 0. The highest BCUT2D eigenvalue weighted by molar-refractivity contribution is 5.98. The Balaban J connectivity index is 2.35. The molecule has 1 fully saturated rings. The van der Waals surface area contributed by atoms with Gasteiger partial charge >= 0.3 is 5.97 Å². The molecule has 1 atom stereocenters. The van der Waals surface area contributed by atoms with E-state index in [0.717, 1.165) is 12.0 Å². The van der Waals surface area contributed by atoms with Crippen LogP contribution in [0.25, 0.3) is 0 Å². The summed E-state index contributed by atoms with van der Waals surface area (Å²) in [5.41, 5.74) is 0.546. The number of benzene rings is 1. The van der Waals surface area contributed by atoms with Gasteiger partial charge in [-0.25, -0.2) is 4.79 Å². The second-order valence-electron chi connectivity index (χ2n) is 5.12. The van der Waals surface area contributed by atoms with Crippen molar-refractivity contribution in [2.45, 2.75) is 38.6 Å². The minimum atomic E-state index is -1.03. The Morgan fingerprint density at radius 3 is 2.74 bits per heavy atom. The van der Waals surface area contributed by atoms with Gasteiger partial charge in [0.25, 0.3) is 5.91 Å². The van der Waals surface area contributed by atoms with E-state index in [1.807, 2.05) is 32.0 Å². The molecule has 19 heavy (non-hydrogen) atoms. The number of aliphatic carboxylic acids is 1. The topological polar surface area (TPSA) is 57.6 Å². The van der Waals surface area contributed by atoms with E-state index in [4.69, 9.17) is 0 Å². The van der Waals surface area contributed by atoms with E-state index in [-0.39, 0.29) is 5.91 Å². The fourth-order valence-corrected chi connectivity index (χ4v) is 2.85. The lowest BCUT2D eigenvalue weighted by Gasteiger charge is -2.34. The van der Waals surface area contributed by atoms with Crippen LogP contribution in [-0.2, 0) is 4.79 Å². The molecule has 4 heteroatoms. The zero-order valence-electron chi connectivity index (χ0n) is 11.3. The number of carbonyl (C=O) groups is 2. The summed E-state index contributed by atoms with van der Waals surface area (Å²) >= 11 is 0. The molecule has 1 aromatic rings. The smallest absolute Gasteiger partial charge is 0.329 e. The van der Waals surface area contributed by atoms with Gasteiger partial charge in [0.15, 0.2) is 0 Å².